The van der Waals surface area contributed by atoms with E-state index < -0.39 is 0 Å². The highest BCUT2D eigenvalue weighted by Gasteiger charge is 2.04. The molecule has 1 heterocycles. The monoisotopic (exact) mass is 336 g/mol. The van der Waals surface area contributed by atoms with Crippen LogP contribution in [0.25, 0.3) is 0 Å². The summed E-state index contributed by atoms with van der Waals surface area (Å²) >= 11 is 3.39. The SMILES string of the molecule is Cn1ccc(CCNCC(=O)Nc2ccccc2Br)n1. The predicted molar refractivity (Wildman–Crippen MR) is 82.6 cm³/mol. The average molecular weight is 337 g/mol. The number of halogens is 1. The minimum absolute atomic E-state index is 0.0575. The van der Waals surface area contributed by atoms with Crippen LogP contribution < -0.4 is 10.6 Å². The van der Waals surface area contributed by atoms with Crippen LogP contribution in [0.4, 0.5) is 5.69 Å². The Balaban J connectivity index is 1.69. The number of carbonyl (C=O) groups is 1. The molecule has 0 aliphatic carbocycles. The number of aryl methyl sites for hydroxylation is 1. The molecule has 5 nitrogen and oxygen atoms in total. The van der Waals surface area contributed by atoms with Gasteiger partial charge in [0.1, 0.15) is 0 Å². The van der Waals surface area contributed by atoms with Crippen LogP contribution in [0.2, 0.25) is 0 Å². The molecule has 6 heteroatoms. The number of nitrogens with zero attached hydrogens (tertiary/aromatic N) is 2. The van der Waals surface area contributed by atoms with Gasteiger partial charge in [-0.05, 0) is 34.1 Å². The number of amides is 1. The molecular weight excluding hydrogens is 320 g/mol. The number of aromatic nitrogens is 2. The van der Waals surface area contributed by atoms with E-state index in [1.54, 1.807) is 4.68 Å². The number of hydrogen-bond donors (Lipinski definition) is 2. The highest BCUT2D eigenvalue weighted by molar-refractivity contribution is 9.10. The maximum absolute atomic E-state index is 11.8. The second-order valence-corrected chi connectivity index (χ2v) is 5.29. The van der Waals surface area contributed by atoms with Crippen molar-refractivity contribution in [3.05, 3.63) is 46.7 Å². The van der Waals surface area contributed by atoms with Crippen molar-refractivity contribution in [3.8, 4) is 0 Å². The molecule has 0 aliphatic rings. The molecule has 0 aliphatic heterocycles. The lowest BCUT2D eigenvalue weighted by Crippen LogP contribution is -2.29. The van der Waals surface area contributed by atoms with Crippen molar-refractivity contribution in [2.24, 2.45) is 7.05 Å². The second-order valence-electron chi connectivity index (χ2n) is 4.44. The molecule has 0 fully saturated rings. The molecule has 0 unspecified atom stereocenters. The quantitative estimate of drug-likeness (QED) is 0.792. The second kappa shape index (κ2) is 7.21. The fraction of sp³-hybridized carbons (Fsp3) is 0.286. The largest absolute Gasteiger partial charge is 0.324 e. The van der Waals surface area contributed by atoms with Crippen LogP contribution in [0.1, 0.15) is 5.69 Å². The summed E-state index contributed by atoms with van der Waals surface area (Å²) < 4.78 is 2.65. The Morgan fingerprint density at radius 1 is 1.35 bits per heavy atom. The van der Waals surface area contributed by atoms with E-state index in [4.69, 9.17) is 0 Å². The third-order valence-corrected chi connectivity index (χ3v) is 3.45. The fourth-order valence-corrected chi connectivity index (χ4v) is 2.16. The van der Waals surface area contributed by atoms with Crippen LogP contribution >= 0.6 is 15.9 Å². The van der Waals surface area contributed by atoms with Gasteiger partial charge in [0.15, 0.2) is 0 Å². The number of hydrogen-bond acceptors (Lipinski definition) is 3. The van der Waals surface area contributed by atoms with Crippen LogP contribution in [0.15, 0.2) is 41.0 Å². The van der Waals surface area contributed by atoms with Crippen molar-refractivity contribution >= 4 is 27.5 Å². The Morgan fingerprint density at radius 3 is 2.85 bits per heavy atom. The van der Waals surface area contributed by atoms with Crippen molar-refractivity contribution in [3.63, 3.8) is 0 Å². The standard InChI is InChI=1S/C14H17BrN4O/c1-19-9-7-11(18-19)6-8-16-10-14(20)17-13-5-3-2-4-12(13)15/h2-5,7,9,16H,6,8,10H2,1H3,(H,17,20). The van der Waals surface area contributed by atoms with E-state index in [0.29, 0.717) is 0 Å². The third kappa shape index (κ3) is 4.47. The molecule has 0 radical (unpaired) electrons. The lowest BCUT2D eigenvalue weighted by atomic mass is 10.3. The molecule has 0 spiro atoms. The zero-order chi connectivity index (χ0) is 14.4. The summed E-state index contributed by atoms with van der Waals surface area (Å²) in [6.07, 6.45) is 2.72. The molecule has 1 amide bonds. The Hall–Kier alpha value is -1.66. The van der Waals surface area contributed by atoms with E-state index in [0.717, 1.165) is 28.8 Å². The minimum Gasteiger partial charge on any atom is -0.324 e. The Kier molecular flexibility index (Phi) is 5.31. The van der Waals surface area contributed by atoms with Crippen molar-refractivity contribution in [2.45, 2.75) is 6.42 Å². The fourth-order valence-electron chi connectivity index (χ4n) is 1.77. The maximum atomic E-state index is 11.8. The van der Waals surface area contributed by atoms with Gasteiger partial charge in [-0.2, -0.15) is 5.10 Å². The van der Waals surface area contributed by atoms with Gasteiger partial charge >= 0.3 is 0 Å². The molecule has 1 aromatic heterocycles. The van der Waals surface area contributed by atoms with Gasteiger partial charge in [-0.1, -0.05) is 12.1 Å². The van der Waals surface area contributed by atoms with E-state index in [1.165, 1.54) is 0 Å². The van der Waals surface area contributed by atoms with Crippen LogP contribution in [-0.4, -0.2) is 28.8 Å². The van der Waals surface area contributed by atoms with Gasteiger partial charge in [-0.25, -0.2) is 0 Å². The zero-order valence-electron chi connectivity index (χ0n) is 11.3. The molecule has 2 rings (SSSR count). The first-order chi connectivity index (χ1) is 9.65. The van der Waals surface area contributed by atoms with Gasteiger partial charge in [0.2, 0.25) is 5.91 Å². The molecule has 0 atom stereocenters. The van der Waals surface area contributed by atoms with Gasteiger partial charge < -0.3 is 10.6 Å². The zero-order valence-corrected chi connectivity index (χ0v) is 12.9. The van der Waals surface area contributed by atoms with E-state index in [2.05, 4.69) is 31.7 Å². The van der Waals surface area contributed by atoms with E-state index in [9.17, 15) is 4.79 Å². The first kappa shape index (κ1) is 14.7. The Bertz CT molecular complexity index is 582. The lowest BCUT2D eigenvalue weighted by molar-refractivity contribution is -0.115. The van der Waals surface area contributed by atoms with E-state index in [1.807, 2.05) is 43.6 Å². The smallest absolute Gasteiger partial charge is 0.238 e. The highest BCUT2D eigenvalue weighted by atomic mass is 79.9. The number of nitrogens with one attached hydrogen (secondary N) is 2. The summed E-state index contributed by atoms with van der Waals surface area (Å²) in [7, 11) is 1.89. The summed E-state index contributed by atoms with van der Waals surface area (Å²) in [6, 6.07) is 9.52. The van der Waals surface area contributed by atoms with Crippen molar-refractivity contribution in [2.75, 3.05) is 18.4 Å². The summed E-state index contributed by atoms with van der Waals surface area (Å²) in [6.45, 7) is 1.01. The number of anilines is 1. The van der Waals surface area contributed by atoms with Crippen LogP contribution in [0, 0.1) is 0 Å². The topological polar surface area (TPSA) is 59.0 Å². The van der Waals surface area contributed by atoms with E-state index >= 15 is 0 Å². The van der Waals surface area contributed by atoms with E-state index in [-0.39, 0.29) is 12.5 Å². The number of para-hydroxylation sites is 1. The summed E-state index contributed by atoms with van der Waals surface area (Å²) in [5, 5.41) is 10.2. The number of rotatable bonds is 6. The molecule has 0 saturated heterocycles. The molecular formula is C14H17BrN4O. The maximum Gasteiger partial charge on any atom is 0.238 e. The summed E-state index contributed by atoms with van der Waals surface area (Å²) in [5.41, 5.74) is 1.80. The molecule has 1 aromatic carbocycles. The third-order valence-electron chi connectivity index (χ3n) is 2.76. The van der Waals surface area contributed by atoms with Crippen LogP contribution in [-0.2, 0) is 18.3 Å². The number of benzene rings is 1. The van der Waals surface area contributed by atoms with Gasteiger partial charge in [0.05, 0.1) is 17.9 Å². The molecule has 106 valence electrons. The highest BCUT2D eigenvalue weighted by Crippen LogP contribution is 2.20. The molecule has 20 heavy (non-hydrogen) atoms. The normalized spacial score (nSPS) is 10.5. The molecule has 2 aromatic rings. The van der Waals surface area contributed by atoms with Crippen LogP contribution in [0.3, 0.4) is 0 Å². The summed E-state index contributed by atoms with van der Waals surface area (Å²) in [5.74, 6) is -0.0575. The molecule has 2 N–H and O–H groups in total. The molecule has 0 saturated carbocycles. The predicted octanol–water partition coefficient (Wildman–Crippen LogP) is 1.95. The first-order valence-electron chi connectivity index (χ1n) is 6.39. The van der Waals surface area contributed by atoms with Gasteiger partial charge in [0, 0.05) is 30.7 Å². The molecule has 0 bridgehead atoms. The Morgan fingerprint density at radius 2 is 2.15 bits per heavy atom. The van der Waals surface area contributed by atoms with Crippen molar-refractivity contribution in [1.29, 1.82) is 0 Å². The van der Waals surface area contributed by atoms with Crippen molar-refractivity contribution < 1.29 is 4.79 Å². The number of carbonyl (C=O) groups excluding carboxylic acids is 1. The van der Waals surface area contributed by atoms with Crippen molar-refractivity contribution in [1.82, 2.24) is 15.1 Å². The Labute approximate surface area is 126 Å². The minimum atomic E-state index is -0.0575. The first-order valence-corrected chi connectivity index (χ1v) is 7.18. The lowest BCUT2D eigenvalue weighted by Gasteiger charge is -2.07. The van der Waals surface area contributed by atoms with Gasteiger partial charge in [-0.3, -0.25) is 9.48 Å². The summed E-state index contributed by atoms with van der Waals surface area (Å²) in [4.78, 5) is 11.8. The van der Waals surface area contributed by atoms with Gasteiger partial charge in [0.25, 0.3) is 0 Å². The average Bonchev–Trinajstić information content (AvgIpc) is 2.83. The van der Waals surface area contributed by atoms with Gasteiger partial charge in [-0.15, -0.1) is 0 Å². The van der Waals surface area contributed by atoms with Crippen LogP contribution in [0.5, 0.6) is 0 Å².